The number of rotatable bonds is 5. The van der Waals surface area contributed by atoms with E-state index in [2.05, 4.69) is 15.2 Å². The van der Waals surface area contributed by atoms with Gasteiger partial charge >= 0.3 is 0 Å². The number of H-pyrrole nitrogens is 1. The molecule has 5 nitrogen and oxygen atoms in total. The third-order valence-electron chi connectivity index (χ3n) is 5.84. The molecule has 4 rings (SSSR count). The molecule has 2 aromatic carbocycles. The van der Waals surface area contributed by atoms with Crippen molar-refractivity contribution in [1.29, 1.82) is 0 Å². The van der Waals surface area contributed by atoms with Gasteiger partial charge in [0, 0.05) is 28.2 Å². The van der Waals surface area contributed by atoms with E-state index in [-0.39, 0.29) is 17.4 Å². The lowest BCUT2D eigenvalue weighted by molar-refractivity contribution is 0.240. The van der Waals surface area contributed by atoms with Crippen LogP contribution in [-0.2, 0) is 6.54 Å². The zero-order valence-corrected chi connectivity index (χ0v) is 18.3. The van der Waals surface area contributed by atoms with Gasteiger partial charge in [0.2, 0.25) is 0 Å². The van der Waals surface area contributed by atoms with Gasteiger partial charge < -0.3 is 19.9 Å². The van der Waals surface area contributed by atoms with Crippen molar-refractivity contribution in [3.8, 4) is 5.75 Å². The Kier molecular flexibility index (Phi) is 6.51. The average Bonchev–Trinajstić information content (AvgIpc) is 2.79. The Morgan fingerprint density at radius 1 is 1.16 bits per heavy atom. The van der Waals surface area contributed by atoms with Crippen molar-refractivity contribution >= 4 is 33.9 Å². The standard InChI is InChI=1S/C24H26FN3O2S/c1-30-21-11-12-22-16(14-21)13-17(23(29)27-22)15-28(20-5-3-2-4-6-20)24(31)26-19-9-7-18(25)8-10-19/h7-14,20H,2-6,15H2,1H3,(H,26,31)(H,27,29). The van der Waals surface area contributed by atoms with Gasteiger partial charge in [-0.2, -0.15) is 0 Å². The van der Waals surface area contributed by atoms with E-state index in [0.29, 0.717) is 17.2 Å². The van der Waals surface area contributed by atoms with E-state index in [4.69, 9.17) is 17.0 Å². The normalized spacial score (nSPS) is 14.4. The minimum Gasteiger partial charge on any atom is -0.497 e. The van der Waals surface area contributed by atoms with E-state index in [1.54, 1.807) is 19.2 Å². The molecular formula is C24H26FN3O2S. The van der Waals surface area contributed by atoms with Gasteiger partial charge in [-0.3, -0.25) is 4.79 Å². The minimum atomic E-state index is -0.293. The summed E-state index contributed by atoms with van der Waals surface area (Å²) in [6, 6.07) is 13.9. The first-order valence-corrected chi connectivity index (χ1v) is 11.0. The molecule has 1 saturated carbocycles. The number of hydrogen-bond acceptors (Lipinski definition) is 3. The highest BCUT2D eigenvalue weighted by molar-refractivity contribution is 7.80. The van der Waals surface area contributed by atoms with E-state index in [9.17, 15) is 9.18 Å². The number of benzene rings is 2. The molecule has 2 N–H and O–H groups in total. The highest BCUT2D eigenvalue weighted by Gasteiger charge is 2.24. The van der Waals surface area contributed by atoms with Crippen LogP contribution in [0.5, 0.6) is 5.75 Å². The van der Waals surface area contributed by atoms with Crippen LogP contribution in [0.15, 0.2) is 53.3 Å². The van der Waals surface area contributed by atoms with Crippen molar-refractivity contribution in [3.05, 3.63) is 70.3 Å². The van der Waals surface area contributed by atoms with Gasteiger partial charge in [-0.25, -0.2) is 4.39 Å². The number of ether oxygens (including phenoxy) is 1. The zero-order valence-electron chi connectivity index (χ0n) is 17.5. The van der Waals surface area contributed by atoms with Gasteiger partial charge in [-0.15, -0.1) is 0 Å². The van der Waals surface area contributed by atoms with Crippen LogP contribution >= 0.6 is 12.2 Å². The maximum Gasteiger partial charge on any atom is 0.253 e. The van der Waals surface area contributed by atoms with Crippen LogP contribution in [0.25, 0.3) is 10.9 Å². The summed E-state index contributed by atoms with van der Waals surface area (Å²) in [4.78, 5) is 17.9. The van der Waals surface area contributed by atoms with Gasteiger partial charge in [0.1, 0.15) is 11.6 Å². The Morgan fingerprint density at radius 2 is 1.90 bits per heavy atom. The van der Waals surface area contributed by atoms with Crippen molar-refractivity contribution in [2.45, 2.75) is 44.7 Å². The molecule has 0 spiro atoms. The summed E-state index contributed by atoms with van der Waals surface area (Å²) >= 11 is 5.74. The molecule has 1 aliphatic carbocycles. The summed E-state index contributed by atoms with van der Waals surface area (Å²) in [7, 11) is 1.62. The van der Waals surface area contributed by atoms with Gasteiger partial charge in [0.15, 0.2) is 5.11 Å². The van der Waals surface area contributed by atoms with Gasteiger partial charge in [0.25, 0.3) is 5.56 Å². The Morgan fingerprint density at radius 3 is 2.61 bits per heavy atom. The number of pyridine rings is 1. The number of halogens is 1. The Balaban J connectivity index is 1.63. The predicted molar refractivity (Wildman–Crippen MR) is 126 cm³/mol. The summed E-state index contributed by atoms with van der Waals surface area (Å²) < 4.78 is 18.6. The monoisotopic (exact) mass is 439 g/mol. The molecule has 0 atom stereocenters. The summed E-state index contributed by atoms with van der Waals surface area (Å²) in [6.07, 6.45) is 5.57. The van der Waals surface area contributed by atoms with E-state index >= 15 is 0 Å². The first kappa shape index (κ1) is 21.3. The average molecular weight is 440 g/mol. The topological polar surface area (TPSA) is 57.4 Å². The second-order valence-electron chi connectivity index (χ2n) is 7.93. The first-order chi connectivity index (χ1) is 15.0. The number of anilines is 1. The zero-order chi connectivity index (χ0) is 21.8. The fourth-order valence-corrected chi connectivity index (χ4v) is 4.48. The Bertz CT molecular complexity index is 1120. The van der Waals surface area contributed by atoms with E-state index in [1.165, 1.54) is 18.6 Å². The first-order valence-electron chi connectivity index (χ1n) is 10.6. The van der Waals surface area contributed by atoms with Crippen LogP contribution in [0.2, 0.25) is 0 Å². The fraction of sp³-hybridized carbons (Fsp3) is 0.333. The van der Waals surface area contributed by atoms with Gasteiger partial charge in [-0.1, -0.05) is 19.3 Å². The van der Waals surface area contributed by atoms with Crippen molar-refractivity contribution in [1.82, 2.24) is 9.88 Å². The van der Waals surface area contributed by atoms with Crippen LogP contribution in [0.3, 0.4) is 0 Å². The summed E-state index contributed by atoms with van der Waals surface area (Å²) in [6.45, 7) is 0.403. The number of nitrogens with zero attached hydrogens (tertiary/aromatic N) is 1. The summed E-state index contributed by atoms with van der Waals surface area (Å²) in [5, 5.41) is 4.68. The Labute approximate surface area is 186 Å². The van der Waals surface area contributed by atoms with Crippen LogP contribution in [-0.4, -0.2) is 28.1 Å². The molecule has 0 bridgehead atoms. The number of nitrogens with one attached hydrogen (secondary N) is 2. The van der Waals surface area contributed by atoms with Crippen LogP contribution in [0.1, 0.15) is 37.7 Å². The molecule has 3 aromatic rings. The lowest BCUT2D eigenvalue weighted by atomic mass is 9.94. The molecule has 0 aliphatic heterocycles. The number of methoxy groups -OCH3 is 1. The molecule has 0 radical (unpaired) electrons. The fourth-order valence-electron chi connectivity index (χ4n) is 4.15. The third kappa shape index (κ3) is 5.05. The molecular weight excluding hydrogens is 413 g/mol. The number of aromatic nitrogens is 1. The Hall–Kier alpha value is -2.93. The van der Waals surface area contributed by atoms with Crippen LogP contribution in [0.4, 0.5) is 10.1 Å². The van der Waals surface area contributed by atoms with Crippen molar-refractivity contribution < 1.29 is 9.13 Å². The van der Waals surface area contributed by atoms with E-state index < -0.39 is 0 Å². The lowest BCUT2D eigenvalue weighted by Crippen LogP contribution is -2.44. The molecule has 0 saturated heterocycles. The summed E-state index contributed by atoms with van der Waals surface area (Å²) in [5.74, 6) is 0.446. The van der Waals surface area contributed by atoms with E-state index in [1.807, 2.05) is 24.3 Å². The number of hydrogen-bond donors (Lipinski definition) is 2. The second kappa shape index (κ2) is 9.47. The third-order valence-corrected chi connectivity index (χ3v) is 6.18. The molecule has 1 aliphatic rings. The smallest absolute Gasteiger partial charge is 0.253 e. The lowest BCUT2D eigenvalue weighted by Gasteiger charge is -2.36. The molecule has 31 heavy (non-hydrogen) atoms. The number of fused-ring (bicyclic) bond motifs is 1. The molecule has 0 amide bonds. The minimum absolute atomic E-state index is 0.122. The van der Waals surface area contributed by atoms with Crippen molar-refractivity contribution in [2.24, 2.45) is 0 Å². The van der Waals surface area contributed by atoms with Crippen LogP contribution in [0, 0.1) is 5.82 Å². The maximum absolute atomic E-state index is 13.3. The molecule has 1 fully saturated rings. The number of thiocarbonyl (C=S) groups is 1. The van der Waals surface area contributed by atoms with E-state index in [0.717, 1.165) is 48.0 Å². The predicted octanol–water partition coefficient (Wildman–Crippen LogP) is 5.21. The quantitative estimate of drug-likeness (QED) is 0.535. The SMILES string of the molecule is COc1ccc2[nH]c(=O)c(CN(C(=S)Nc3ccc(F)cc3)C3CCCCC3)cc2c1. The second-order valence-corrected chi connectivity index (χ2v) is 8.32. The molecule has 7 heteroatoms. The molecule has 1 heterocycles. The number of aromatic amines is 1. The molecule has 1 aromatic heterocycles. The van der Waals surface area contributed by atoms with Gasteiger partial charge in [0.05, 0.1) is 13.7 Å². The summed E-state index contributed by atoms with van der Waals surface area (Å²) in [5.41, 5.74) is 2.02. The van der Waals surface area contributed by atoms with Crippen molar-refractivity contribution in [2.75, 3.05) is 12.4 Å². The van der Waals surface area contributed by atoms with Crippen molar-refractivity contribution in [3.63, 3.8) is 0 Å². The maximum atomic E-state index is 13.3. The molecule has 0 unspecified atom stereocenters. The molecule has 162 valence electrons. The highest BCUT2D eigenvalue weighted by atomic mass is 32.1. The van der Waals surface area contributed by atoms with Gasteiger partial charge in [-0.05, 0) is 73.6 Å². The largest absolute Gasteiger partial charge is 0.497 e. The highest BCUT2D eigenvalue weighted by Crippen LogP contribution is 2.26. The van der Waals surface area contributed by atoms with Crippen LogP contribution < -0.4 is 15.6 Å².